The molecule has 0 aliphatic heterocycles. The summed E-state index contributed by atoms with van der Waals surface area (Å²) >= 11 is 0. The highest BCUT2D eigenvalue weighted by Crippen LogP contribution is 1.80. The normalized spacial score (nSPS) is 10.8. The maximum Gasteiger partial charge on any atom is 0.332 e. The summed E-state index contributed by atoms with van der Waals surface area (Å²) in [6, 6.07) is 0. The van der Waals surface area contributed by atoms with Gasteiger partial charge in [0.2, 0.25) is 0 Å². The van der Waals surface area contributed by atoms with Gasteiger partial charge in [-0.05, 0) is 20.8 Å². The minimum Gasteiger partial charge on any atom is -0.479 e. The first-order chi connectivity index (χ1) is 5.77. The van der Waals surface area contributed by atoms with E-state index in [1.54, 1.807) is 0 Å². The van der Waals surface area contributed by atoms with Crippen LogP contribution in [0.5, 0.6) is 0 Å². The van der Waals surface area contributed by atoms with Crippen LogP contribution < -0.4 is 0 Å². The Bertz CT molecular complexity index is 183. The third kappa shape index (κ3) is 18.1. The smallest absolute Gasteiger partial charge is 0.332 e. The lowest BCUT2D eigenvalue weighted by Crippen LogP contribution is -2.13. The molecule has 0 saturated heterocycles. The number of aliphatic hydroxyl groups is 1. The molecule has 5 nitrogen and oxygen atoms in total. The van der Waals surface area contributed by atoms with Gasteiger partial charge in [-0.2, -0.15) is 0 Å². The number of aliphatic carboxylic acids is 1. The molecule has 0 amide bonds. The van der Waals surface area contributed by atoms with Gasteiger partial charge in [0.15, 0.2) is 0 Å². The summed E-state index contributed by atoms with van der Waals surface area (Å²) in [5, 5.41) is 15.8. The number of hydrogen-bond donors (Lipinski definition) is 2. The van der Waals surface area contributed by atoms with Gasteiger partial charge in [-0.3, -0.25) is 9.59 Å². The second-order valence-electron chi connectivity index (χ2n) is 2.60. The van der Waals surface area contributed by atoms with E-state index in [2.05, 4.69) is 0 Å². The Morgan fingerprint density at radius 2 is 1.38 bits per heavy atom. The molecule has 5 heteroatoms. The van der Waals surface area contributed by atoms with Crippen LogP contribution in [0.4, 0.5) is 0 Å². The van der Waals surface area contributed by atoms with E-state index >= 15 is 0 Å². The highest BCUT2D eigenvalue weighted by Gasteiger charge is 2.01. The molecule has 76 valence electrons. The van der Waals surface area contributed by atoms with Crippen LogP contribution in [-0.2, 0) is 14.4 Å². The van der Waals surface area contributed by atoms with Crippen molar-refractivity contribution in [3.05, 3.63) is 0 Å². The first-order valence-electron chi connectivity index (χ1n) is 3.67. The van der Waals surface area contributed by atoms with Gasteiger partial charge in [0.25, 0.3) is 0 Å². The lowest BCUT2D eigenvalue weighted by atomic mass is 10.2. The molecule has 13 heavy (non-hydrogen) atoms. The number of Topliss-reactive ketones (excluding diaryl/α,β-unsaturated/α-hetero) is 2. The average molecular weight is 190 g/mol. The van der Waals surface area contributed by atoms with Gasteiger partial charge in [0.05, 0.1) is 6.42 Å². The van der Waals surface area contributed by atoms with E-state index in [-0.39, 0.29) is 18.0 Å². The average Bonchev–Trinajstić information content (AvgIpc) is 1.84. The molecule has 0 aliphatic rings. The third-order valence-corrected chi connectivity index (χ3v) is 0.855. The van der Waals surface area contributed by atoms with Crippen molar-refractivity contribution in [1.29, 1.82) is 0 Å². The van der Waals surface area contributed by atoms with Crippen LogP contribution in [0.3, 0.4) is 0 Å². The molecule has 0 aliphatic carbocycles. The van der Waals surface area contributed by atoms with Gasteiger partial charge >= 0.3 is 5.97 Å². The first kappa shape index (κ1) is 14.3. The summed E-state index contributed by atoms with van der Waals surface area (Å²) in [5.41, 5.74) is 0. The van der Waals surface area contributed by atoms with E-state index in [0.29, 0.717) is 0 Å². The minimum atomic E-state index is -1.23. The summed E-state index contributed by atoms with van der Waals surface area (Å²) in [6.45, 7) is 4.01. The fourth-order valence-electron chi connectivity index (χ4n) is 0.351. The SMILES string of the molecule is CC(=O)CC(C)=O.CC(O)C(=O)O. The van der Waals surface area contributed by atoms with Crippen LogP contribution in [0.25, 0.3) is 0 Å². The first-order valence-corrected chi connectivity index (χ1v) is 3.67. The summed E-state index contributed by atoms with van der Waals surface area (Å²) in [7, 11) is 0. The van der Waals surface area contributed by atoms with Crippen molar-refractivity contribution >= 4 is 17.5 Å². The molecule has 0 bridgehead atoms. The molecule has 1 atom stereocenters. The van der Waals surface area contributed by atoms with Crippen LogP contribution in [0, 0.1) is 0 Å². The number of rotatable bonds is 3. The van der Waals surface area contributed by atoms with Crippen LogP contribution in [-0.4, -0.2) is 33.9 Å². The Hall–Kier alpha value is -1.23. The van der Waals surface area contributed by atoms with Crippen LogP contribution in [0.2, 0.25) is 0 Å². The standard InChI is InChI=1S/C5H8O2.C3H6O3/c1-4(6)3-5(2)7;1-2(4)3(5)6/h3H2,1-2H3;2,4H,1H3,(H,5,6). The number of ketones is 2. The molecule has 0 aromatic rings. The van der Waals surface area contributed by atoms with Gasteiger partial charge < -0.3 is 10.2 Å². The Morgan fingerprint density at radius 3 is 1.38 bits per heavy atom. The van der Waals surface area contributed by atoms with Gasteiger partial charge in [0, 0.05) is 0 Å². The van der Waals surface area contributed by atoms with Crippen LogP contribution >= 0.6 is 0 Å². The minimum absolute atomic E-state index is 0.0625. The zero-order chi connectivity index (χ0) is 11.0. The van der Waals surface area contributed by atoms with Gasteiger partial charge in [-0.25, -0.2) is 4.79 Å². The maximum atomic E-state index is 10.0. The van der Waals surface area contributed by atoms with Crippen molar-refractivity contribution in [2.24, 2.45) is 0 Å². The Balaban J connectivity index is 0. The molecule has 0 spiro atoms. The van der Waals surface area contributed by atoms with Gasteiger partial charge in [0.1, 0.15) is 17.7 Å². The molecule has 0 aromatic carbocycles. The van der Waals surface area contributed by atoms with E-state index in [1.165, 1.54) is 20.8 Å². The molecule has 0 aromatic heterocycles. The molecule has 0 rings (SSSR count). The van der Waals surface area contributed by atoms with Gasteiger partial charge in [-0.15, -0.1) is 0 Å². The Labute approximate surface area is 76.4 Å². The monoisotopic (exact) mass is 190 g/mol. The molecule has 1 unspecified atom stereocenters. The highest BCUT2D eigenvalue weighted by atomic mass is 16.4. The quantitative estimate of drug-likeness (QED) is 0.611. The predicted octanol–water partition coefficient (Wildman–Crippen LogP) is 0.00630. The fraction of sp³-hybridized carbons (Fsp3) is 0.625. The van der Waals surface area contributed by atoms with Crippen molar-refractivity contribution in [1.82, 2.24) is 0 Å². The number of carbonyl (C=O) groups is 3. The van der Waals surface area contributed by atoms with Crippen molar-refractivity contribution in [3.63, 3.8) is 0 Å². The topological polar surface area (TPSA) is 91.7 Å². The zero-order valence-electron chi connectivity index (χ0n) is 7.90. The molecule has 0 heterocycles. The Kier molecular flexibility index (Phi) is 8.16. The molecule has 0 radical (unpaired) electrons. The highest BCUT2D eigenvalue weighted by molar-refractivity contribution is 5.96. The molecular weight excluding hydrogens is 176 g/mol. The number of carboxylic acid groups (broad SMARTS) is 1. The summed E-state index contributed by atoms with van der Waals surface area (Å²) in [4.78, 5) is 29.5. The Morgan fingerprint density at radius 1 is 1.15 bits per heavy atom. The van der Waals surface area contributed by atoms with Crippen molar-refractivity contribution in [3.8, 4) is 0 Å². The van der Waals surface area contributed by atoms with Crippen molar-refractivity contribution < 1.29 is 24.6 Å². The summed E-state index contributed by atoms with van der Waals surface area (Å²) in [6.07, 6.45) is -1.15. The molecule has 0 saturated carbocycles. The van der Waals surface area contributed by atoms with E-state index in [9.17, 15) is 14.4 Å². The predicted molar refractivity (Wildman–Crippen MR) is 45.3 cm³/mol. The van der Waals surface area contributed by atoms with Crippen LogP contribution in [0.15, 0.2) is 0 Å². The second-order valence-corrected chi connectivity index (χ2v) is 2.60. The van der Waals surface area contributed by atoms with E-state index in [0.717, 1.165) is 0 Å². The number of carboxylic acids is 1. The van der Waals surface area contributed by atoms with E-state index < -0.39 is 12.1 Å². The summed E-state index contributed by atoms with van der Waals surface area (Å²) in [5.74, 6) is -1.31. The van der Waals surface area contributed by atoms with Crippen molar-refractivity contribution in [2.75, 3.05) is 0 Å². The number of aliphatic hydroxyl groups excluding tert-OH is 1. The molecule has 0 fully saturated rings. The maximum absolute atomic E-state index is 10.0. The zero-order valence-corrected chi connectivity index (χ0v) is 7.90. The molecule has 2 N–H and O–H groups in total. The number of hydrogen-bond acceptors (Lipinski definition) is 4. The summed E-state index contributed by atoms with van der Waals surface area (Å²) < 4.78 is 0. The van der Waals surface area contributed by atoms with Crippen LogP contribution in [0.1, 0.15) is 27.2 Å². The van der Waals surface area contributed by atoms with Crippen molar-refractivity contribution in [2.45, 2.75) is 33.3 Å². The lowest BCUT2D eigenvalue weighted by Gasteiger charge is -1.89. The fourth-order valence-corrected chi connectivity index (χ4v) is 0.351. The van der Waals surface area contributed by atoms with E-state index in [1.807, 2.05) is 0 Å². The van der Waals surface area contributed by atoms with E-state index in [4.69, 9.17) is 10.2 Å². The second kappa shape index (κ2) is 7.42. The van der Waals surface area contributed by atoms with Gasteiger partial charge in [-0.1, -0.05) is 0 Å². The lowest BCUT2D eigenvalue weighted by molar-refractivity contribution is -0.145. The third-order valence-electron chi connectivity index (χ3n) is 0.855. The molecular formula is C8H14O5. The largest absolute Gasteiger partial charge is 0.479 e. The number of carbonyl (C=O) groups excluding carboxylic acids is 2.